The highest BCUT2D eigenvalue weighted by atomic mass is 19.1. The van der Waals surface area contributed by atoms with Crippen LogP contribution in [0.25, 0.3) is 0 Å². The molecule has 0 aliphatic carbocycles. The summed E-state index contributed by atoms with van der Waals surface area (Å²) in [6.07, 6.45) is -0.941. The Hall–Kier alpha value is -2.31. The number of carbonyl (C=O) groups excluding carboxylic acids is 2. The zero-order valence-electron chi connectivity index (χ0n) is 10.8. The summed E-state index contributed by atoms with van der Waals surface area (Å²) >= 11 is 0. The third-order valence-corrected chi connectivity index (χ3v) is 1.82. The second-order valence-corrected chi connectivity index (χ2v) is 4.75. The fourth-order valence-electron chi connectivity index (χ4n) is 1.16. The van der Waals surface area contributed by atoms with E-state index >= 15 is 0 Å². The number of rotatable bonds is 1. The van der Waals surface area contributed by atoms with Gasteiger partial charge in [0.25, 0.3) is 0 Å². The Morgan fingerprint density at radius 3 is 2.47 bits per heavy atom. The summed E-state index contributed by atoms with van der Waals surface area (Å²) < 4.78 is 18.2. The summed E-state index contributed by atoms with van der Waals surface area (Å²) in [5.41, 5.74) is -0.910. The normalized spacial score (nSPS) is 10.7. The van der Waals surface area contributed by atoms with Crippen molar-refractivity contribution in [1.82, 2.24) is 5.32 Å². The third-order valence-electron chi connectivity index (χ3n) is 1.82. The van der Waals surface area contributed by atoms with Gasteiger partial charge in [-0.05, 0) is 32.9 Å². The number of aromatic hydroxyl groups is 1. The molecule has 1 aromatic rings. The predicted molar refractivity (Wildman–Crippen MR) is 66.5 cm³/mol. The van der Waals surface area contributed by atoms with Gasteiger partial charge >= 0.3 is 12.1 Å². The highest BCUT2D eigenvalue weighted by molar-refractivity contribution is 5.99. The van der Waals surface area contributed by atoms with E-state index in [0.717, 1.165) is 6.07 Å². The summed E-state index contributed by atoms with van der Waals surface area (Å²) in [5.74, 6) is -1.09. The number of hydrogen-bond donors (Lipinski definition) is 3. The maximum Gasteiger partial charge on any atom is 0.415 e. The van der Waals surface area contributed by atoms with Crippen molar-refractivity contribution >= 4 is 17.8 Å². The van der Waals surface area contributed by atoms with Crippen LogP contribution in [0.5, 0.6) is 5.75 Å². The Balaban J connectivity index is 2.58. The largest absolute Gasteiger partial charge is 0.508 e. The maximum atomic E-state index is 13.3. The lowest BCUT2D eigenvalue weighted by Crippen LogP contribution is -2.38. The molecule has 1 rings (SSSR count). The van der Waals surface area contributed by atoms with Gasteiger partial charge in [-0.25, -0.2) is 19.3 Å². The van der Waals surface area contributed by atoms with Gasteiger partial charge < -0.3 is 15.2 Å². The van der Waals surface area contributed by atoms with E-state index in [1.807, 2.05) is 5.32 Å². The van der Waals surface area contributed by atoms with Crippen LogP contribution in [0.2, 0.25) is 0 Å². The summed E-state index contributed by atoms with van der Waals surface area (Å²) in [6.45, 7) is 4.93. The van der Waals surface area contributed by atoms with Gasteiger partial charge in [-0.3, -0.25) is 0 Å². The molecular formula is C12H15FN2O4. The smallest absolute Gasteiger partial charge is 0.415 e. The topological polar surface area (TPSA) is 87.7 Å². The number of halogens is 1. The summed E-state index contributed by atoms with van der Waals surface area (Å²) in [4.78, 5) is 22.7. The highest BCUT2D eigenvalue weighted by Crippen LogP contribution is 2.19. The number of carbonyl (C=O) groups is 2. The molecule has 19 heavy (non-hydrogen) atoms. The second kappa shape index (κ2) is 5.55. The number of phenolic OH excluding ortho intramolecular Hbond substituents is 1. The van der Waals surface area contributed by atoms with Gasteiger partial charge in [-0.15, -0.1) is 0 Å². The van der Waals surface area contributed by atoms with E-state index in [1.165, 1.54) is 12.1 Å². The van der Waals surface area contributed by atoms with Crippen molar-refractivity contribution in [2.24, 2.45) is 0 Å². The fourth-order valence-corrected chi connectivity index (χ4v) is 1.16. The third kappa shape index (κ3) is 5.24. The molecule has 1 aromatic carbocycles. The van der Waals surface area contributed by atoms with Gasteiger partial charge in [0.1, 0.15) is 17.2 Å². The molecule has 0 atom stereocenters. The molecule has 0 saturated carbocycles. The number of anilines is 1. The molecule has 0 aromatic heterocycles. The molecule has 7 heteroatoms. The first kappa shape index (κ1) is 14.7. The summed E-state index contributed by atoms with van der Waals surface area (Å²) in [5, 5.41) is 13.0. The average molecular weight is 270 g/mol. The van der Waals surface area contributed by atoms with Crippen LogP contribution in [0.15, 0.2) is 18.2 Å². The van der Waals surface area contributed by atoms with E-state index in [1.54, 1.807) is 20.8 Å². The number of benzene rings is 1. The molecule has 0 unspecified atom stereocenters. The molecule has 0 bridgehead atoms. The van der Waals surface area contributed by atoms with Crippen LogP contribution in [-0.4, -0.2) is 22.8 Å². The monoisotopic (exact) mass is 270 g/mol. The van der Waals surface area contributed by atoms with Gasteiger partial charge in [-0.1, -0.05) is 0 Å². The van der Waals surface area contributed by atoms with E-state index in [0.29, 0.717) is 0 Å². The number of hydrogen-bond acceptors (Lipinski definition) is 4. The van der Waals surface area contributed by atoms with Crippen molar-refractivity contribution in [3.63, 3.8) is 0 Å². The lowest BCUT2D eigenvalue weighted by Gasteiger charge is -2.19. The van der Waals surface area contributed by atoms with Crippen LogP contribution in [0, 0.1) is 5.82 Å². The first-order valence-electron chi connectivity index (χ1n) is 5.47. The quantitative estimate of drug-likeness (QED) is 0.684. The zero-order chi connectivity index (χ0) is 14.6. The Morgan fingerprint density at radius 2 is 1.95 bits per heavy atom. The molecule has 0 radical (unpaired) electrons. The number of ether oxygens (including phenoxy) is 1. The molecule has 3 N–H and O–H groups in total. The molecule has 0 saturated heterocycles. The second-order valence-electron chi connectivity index (χ2n) is 4.75. The SMILES string of the molecule is CC(C)(C)OC(=O)NC(=O)Nc1ccc(O)cc1F. The van der Waals surface area contributed by atoms with Crippen LogP contribution < -0.4 is 10.6 Å². The van der Waals surface area contributed by atoms with Crippen molar-refractivity contribution in [3.8, 4) is 5.75 Å². The highest BCUT2D eigenvalue weighted by Gasteiger charge is 2.18. The van der Waals surface area contributed by atoms with Crippen molar-refractivity contribution in [2.75, 3.05) is 5.32 Å². The lowest BCUT2D eigenvalue weighted by molar-refractivity contribution is 0.0551. The van der Waals surface area contributed by atoms with E-state index in [-0.39, 0.29) is 11.4 Å². The molecule has 104 valence electrons. The van der Waals surface area contributed by atoms with Gasteiger partial charge in [0, 0.05) is 6.07 Å². The molecule has 3 amide bonds. The van der Waals surface area contributed by atoms with Crippen molar-refractivity contribution < 1.29 is 23.8 Å². The lowest BCUT2D eigenvalue weighted by atomic mass is 10.2. The number of amides is 3. The molecule has 0 heterocycles. The van der Waals surface area contributed by atoms with Crippen LogP contribution in [-0.2, 0) is 4.74 Å². The number of imide groups is 1. The number of urea groups is 1. The molecule has 0 spiro atoms. The Morgan fingerprint density at radius 1 is 1.32 bits per heavy atom. The minimum atomic E-state index is -0.941. The molecule has 0 fully saturated rings. The number of alkyl carbamates (subject to hydrolysis) is 1. The number of phenols is 1. The van der Waals surface area contributed by atoms with E-state index < -0.39 is 23.5 Å². The van der Waals surface area contributed by atoms with Gasteiger partial charge in [-0.2, -0.15) is 0 Å². The molecule has 6 nitrogen and oxygen atoms in total. The van der Waals surface area contributed by atoms with Crippen LogP contribution in [0.1, 0.15) is 20.8 Å². The zero-order valence-corrected chi connectivity index (χ0v) is 10.8. The van der Waals surface area contributed by atoms with Crippen LogP contribution >= 0.6 is 0 Å². The van der Waals surface area contributed by atoms with Crippen LogP contribution in [0.4, 0.5) is 19.7 Å². The van der Waals surface area contributed by atoms with Gasteiger partial charge in [0.15, 0.2) is 0 Å². The molecular weight excluding hydrogens is 255 g/mol. The minimum absolute atomic E-state index is 0.168. The van der Waals surface area contributed by atoms with E-state index in [4.69, 9.17) is 9.84 Å². The summed E-state index contributed by atoms with van der Waals surface area (Å²) in [6, 6.07) is 2.27. The minimum Gasteiger partial charge on any atom is -0.508 e. The van der Waals surface area contributed by atoms with Gasteiger partial charge in [0.2, 0.25) is 0 Å². The fraction of sp³-hybridized carbons (Fsp3) is 0.333. The molecule has 0 aliphatic rings. The standard InChI is InChI=1S/C12H15FN2O4/c1-12(2,3)19-11(18)15-10(17)14-9-5-4-7(16)6-8(9)13/h4-6,16H,1-3H3,(H2,14,15,17,18). The Labute approximate surface area is 109 Å². The summed E-state index contributed by atoms with van der Waals surface area (Å²) in [7, 11) is 0. The van der Waals surface area contributed by atoms with Gasteiger partial charge in [0.05, 0.1) is 5.69 Å². The number of nitrogens with one attached hydrogen (secondary N) is 2. The van der Waals surface area contributed by atoms with Crippen LogP contribution in [0.3, 0.4) is 0 Å². The Kier molecular flexibility index (Phi) is 4.31. The van der Waals surface area contributed by atoms with E-state index in [2.05, 4.69) is 5.32 Å². The Bertz CT molecular complexity index is 497. The van der Waals surface area contributed by atoms with E-state index in [9.17, 15) is 14.0 Å². The van der Waals surface area contributed by atoms with Crippen molar-refractivity contribution in [2.45, 2.75) is 26.4 Å². The maximum absolute atomic E-state index is 13.3. The first-order valence-corrected chi connectivity index (χ1v) is 5.47. The van der Waals surface area contributed by atoms with Crippen molar-refractivity contribution in [1.29, 1.82) is 0 Å². The predicted octanol–water partition coefficient (Wildman–Crippen LogP) is 2.59. The first-order chi connectivity index (χ1) is 8.67. The molecule has 0 aliphatic heterocycles. The van der Waals surface area contributed by atoms with Crippen molar-refractivity contribution in [3.05, 3.63) is 24.0 Å². The average Bonchev–Trinajstić information content (AvgIpc) is 2.19.